The molecule has 0 saturated carbocycles. The molecule has 1 aromatic heterocycles. The second-order valence-corrected chi connectivity index (χ2v) is 7.01. The summed E-state index contributed by atoms with van der Waals surface area (Å²) in [7, 11) is 0. The van der Waals surface area contributed by atoms with Crippen LogP contribution in [0.25, 0.3) is 0 Å². The summed E-state index contributed by atoms with van der Waals surface area (Å²) in [6, 6.07) is 14.0. The summed E-state index contributed by atoms with van der Waals surface area (Å²) >= 11 is 0. The van der Waals surface area contributed by atoms with Gasteiger partial charge in [0.2, 0.25) is 5.91 Å². The Balaban J connectivity index is 1.38. The Morgan fingerprint density at radius 3 is 2.62 bits per heavy atom. The maximum Gasteiger partial charge on any atom is 0.225 e. The largest absolute Gasteiger partial charge is 0.372 e. The molecule has 138 valence electrons. The molecule has 0 aliphatic carbocycles. The van der Waals surface area contributed by atoms with E-state index in [4.69, 9.17) is 0 Å². The van der Waals surface area contributed by atoms with Gasteiger partial charge in [-0.05, 0) is 55.2 Å². The maximum absolute atomic E-state index is 12.1. The molecule has 1 aliphatic heterocycles. The van der Waals surface area contributed by atoms with Crippen molar-refractivity contribution >= 4 is 17.3 Å². The zero-order chi connectivity index (χ0) is 18.2. The van der Waals surface area contributed by atoms with Gasteiger partial charge in [-0.15, -0.1) is 0 Å². The molecule has 1 amide bonds. The molecular weight excluding hydrogens is 324 g/mol. The Labute approximate surface area is 155 Å². The molecule has 0 unspecified atom stereocenters. The number of benzene rings is 1. The first-order valence-electron chi connectivity index (χ1n) is 9.46. The predicted molar refractivity (Wildman–Crippen MR) is 106 cm³/mol. The summed E-state index contributed by atoms with van der Waals surface area (Å²) in [5, 5.41) is 6.21. The van der Waals surface area contributed by atoms with Crippen molar-refractivity contribution in [3.63, 3.8) is 0 Å². The van der Waals surface area contributed by atoms with Gasteiger partial charge in [0.1, 0.15) is 0 Å². The fourth-order valence-electron chi connectivity index (χ4n) is 3.17. The molecule has 2 N–H and O–H groups in total. The first-order valence-corrected chi connectivity index (χ1v) is 9.46. The maximum atomic E-state index is 12.1. The second kappa shape index (κ2) is 9.34. The number of pyridine rings is 1. The number of amides is 1. The molecular formula is C21H28N4O. The van der Waals surface area contributed by atoms with Crippen LogP contribution in [-0.4, -0.2) is 30.5 Å². The van der Waals surface area contributed by atoms with Gasteiger partial charge in [-0.3, -0.25) is 9.78 Å². The van der Waals surface area contributed by atoms with E-state index in [0.717, 1.165) is 30.4 Å². The highest BCUT2D eigenvalue weighted by Gasteiger charge is 2.15. The molecule has 1 aliphatic rings. The number of rotatable bonds is 7. The number of aromatic nitrogens is 1. The number of nitrogens with one attached hydrogen (secondary N) is 2. The molecule has 3 rings (SSSR count). The lowest BCUT2D eigenvalue weighted by molar-refractivity contribution is -0.116. The topological polar surface area (TPSA) is 57.3 Å². The van der Waals surface area contributed by atoms with E-state index in [1.807, 2.05) is 30.3 Å². The van der Waals surface area contributed by atoms with Gasteiger partial charge < -0.3 is 15.5 Å². The first-order chi connectivity index (χ1) is 12.7. The standard InChI is InChI=1S/C21H28N4O/c1-17-10-14-25(15-11-17)20-7-5-18(6-8-20)24-21(26)9-13-22-16-19-4-2-3-12-23-19/h2-8,12,17,22H,9-11,13-16H2,1H3,(H,24,26). The van der Waals surface area contributed by atoms with Crippen molar-refractivity contribution in [3.8, 4) is 0 Å². The highest BCUT2D eigenvalue weighted by atomic mass is 16.1. The van der Waals surface area contributed by atoms with Crippen LogP contribution >= 0.6 is 0 Å². The second-order valence-electron chi connectivity index (χ2n) is 7.01. The number of hydrogen-bond acceptors (Lipinski definition) is 4. The number of nitrogens with zero attached hydrogens (tertiary/aromatic N) is 2. The lowest BCUT2D eigenvalue weighted by atomic mass is 9.99. The number of hydrogen-bond donors (Lipinski definition) is 2. The predicted octanol–water partition coefficient (Wildman–Crippen LogP) is 3.44. The third-order valence-corrected chi connectivity index (χ3v) is 4.86. The third-order valence-electron chi connectivity index (χ3n) is 4.86. The average molecular weight is 352 g/mol. The molecule has 1 aromatic carbocycles. The zero-order valence-corrected chi connectivity index (χ0v) is 15.4. The van der Waals surface area contributed by atoms with Crippen molar-refractivity contribution in [2.75, 3.05) is 29.9 Å². The number of piperidine rings is 1. The van der Waals surface area contributed by atoms with Crippen LogP contribution in [0, 0.1) is 5.92 Å². The van der Waals surface area contributed by atoms with Gasteiger partial charge in [0.15, 0.2) is 0 Å². The van der Waals surface area contributed by atoms with Crippen LogP contribution in [0.5, 0.6) is 0 Å². The molecule has 1 saturated heterocycles. The van der Waals surface area contributed by atoms with E-state index in [9.17, 15) is 4.79 Å². The van der Waals surface area contributed by atoms with Crippen LogP contribution in [0.3, 0.4) is 0 Å². The Morgan fingerprint density at radius 1 is 1.15 bits per heavy atom. The van der Waals surface area contributed by atoms with Crippen LogP contribution in [0.15, 0.2) is 48.7 Å². The number of carbonyl (C=O) groups excluding carboxylic acids is 1. The van der Waals surface area contributed by atoms with Crippen LogP contribution in [-0.2, 0) is 11.3 Å². The highest BCUT2D eigenvalue weighted by Crippen LogP contribution is 2.24. The Hall–Kier alpha value is -2.40. The van der Waals surface area contributed by atoms with E-state index in [0.29, 0.717) is 19.5 Å². The van der Waals surface area contributed by atoms with Crippen LogP contribution in [0.2, 0.25) is 0 Å². The molecule has 0 bridgehead atoms. The third kappa shape index (κ3) is 5.56. The van der Waals surface area contributed by atoms with Crippen LogP contribution in [0.4, 0.5) is 11.4 Å². The zero-order valence-electron chi connectivity index (χ0n) is 15.4. The van der Waals surface area contributed by atoms with Crippen molar-refractivity contribution < 1.29 is 4.79 Å². The van der Waals surface area contributed by atoms with Gasteiger partial charge in [0, 0.05) is 50.2 Å². The van der Waals surface area contributed by atoms with Gasteiger partial charge in [0.25, 0.3) is 0 Å². The monoisotopic (exact) mass is 352 g/mol. The molecule has 0 radical (unpaired) electrons. The van der Waals surface area contributed by atoms with Gasteiger partial charge in [-0.25, -0.2) is 0 Å². The summed E-state index contributed by atoms with van der Waals surface area (Å²) in [4.78, 5) is 18.7. The molecule has 1 fully saturated rings. The van der Waals surface area contributed by atoms with E-state index >= 15 is 0 Å². The minimum Gasteiger partial charge on any atom is -0.372 e. The highest BCUT2D eigenvalue weighted by molar-refractivity contribution is 5.91. The lowest BCUT2D eigenvalue weighted by Crippen LogP contribution is -2.32. The normalized spacial score (nSPS) is 15.0. The summed E-state index contributed by atoms with van der Waals surface area (Å²) in [6.07, 6.45) is 4.73. The molecule has 2 aromatic rings. The van der Waals surface area contributed by atoms with Crippen molar-refractivity contribution in [2.24, 2.45) is 5.92 Å². The van der Waals surface area contributed by atoms with Gasteiger partial charge in [-0.1, -0.05) is 13.0 Å². The van der Waals surface area contributed by atoms with Crippen molar-refractivity contribution in [1.29, 1.82) is 0 Å². The van der Waals surface area contributed by atoms with Crippen molar-refractivity contribution in [2.45, 2.75) is 32.7 Å². The fourth-order valence-corrected chi connectivity index (χ4v) is 3.17. The molecule has 26 heavy (non-hydrogen) atoms. The molecule has 2 heterocycles. The smallest absolute Gasteiger partial charge is 0.225 e. The van der Waals surface area contributed by atoms with Crippen LogP contribution < -0.4 is 15.5 Å². The Kier molecular flexibility index (Phi) is 6.61. The van der Waals surface area contributed by atoms with E-state index in [1.165, 1.54) is 18.5 Å². The number of anilines is 2. The fraction of sp³-hybridized carbons (Fsp3) is 0.429. The molecule has 5 heteroatoms. The van der Waals surface area contributed by atoms with Crippen molar-refractivity contribution in [3.05, 3.63) is 54.4 Å². The van der Waals surface area contributed by atoms with E-state index in [2.05, 4.69) is 39.6 Å². The number of carbonyl (C=O) groups is 1. The Bertz CT molecular complexity index is 679. The summed E-state index contributed by atoms with van der Waals surface area (Å²) in [5.41, 5.74) is 3.08. The van der Waals surface area contributed by atoms with E-state index in [-0.39, 0.29) is 5.91 Å². The quantitative estimate of drug-likeness (QED) is 0.750. The summed E-state index contributed by atoms with van der Waals surface area (Å²) < 4.78 is 0. The van der Waals surface area contributed by atoms with Crippen molar-refractivity contribution in [1.82, 2.24) is 10.3 Å². The minimum atomic E-state index is 0.0260. The van der Waals surface area contributed by atoms with Crippen LogP contribution in [0.1, 0.15) is 31.9 Å². The van der Waals surface area contributed by atoms with Gasteiger partial charge in [-0.2, -0.15) is 0 Å². The summed E-state index contributed by atoms with van der Waals surface area (Å²) in [5.74, 6) is 0.856. The first kappa shape index (κ1) is 18.4. The minimum absolute atomic E-state index is 0.0260. The molecule has 5 nitrogen and oxygen atoms in total. The van der Waals surface area contributed by atoms with Gasteiger partial charge in [0.05, 0.1) is 5.69 Å². The molecule has 0 atom stereocenters. The molecule has 0 spiro atoms. The Morgan fingerprint density at radius 2 is 1.92 bits per heavy atom. The lowest BCUT2D eigenvalue weighted by Gasteiger charge is -2.32. The van der Waals surface area contributed by atoms with E-state index < -0.39 is 0 Å². The van der Waals surface area contributed by atoms with E-state index in [1.54, 1.807) is 6.20 Å². The summed E-state index contributed by atoms with van der Waals surface area (Å²) in [6.45, 7) is 5.87. The van der Waals surface area contributed by atoms with Gasteiger partial charge >= 0.3 is 0 Å². The average Bonchev–Trinajstić information content (AvgIpc) is 2.67. The SMILES string of the molecule is CC1CCN(c2ccc(NC(=O)CCNCc3ccccn3)cc2)CC1.